The molecule has 0 aliphatic carbocycles. The van der Waals surface area contributed by atoms with Gasteiger partial charge in [-0.05, 0) is 35.4 Å². The van der Waals surface area contributed by atoms with E-state index in [2.05, 4.69) is 20.9 Å². The number of hydrogen-bond donors (Lipinski definition) is 2. The van der Waals surface area contributed by atoms with Crippen LogP contribution in [-0.2, 0) is 16.1 Å². The van der Waals surface area contributed by atoms with Gasteiger partial charge in [0.05, 0.1) is 19.7 Å². The number of likely N-dealkylation sites (tertiary alicyclic amines) is 1. The number of amides is 1. The van der Waals surface area contributed by atoms with E-state index in [-0.39, 0.29) is 23.6 Å². The monoisotopic (exact) mass is 511 g/mol. The van der Waals surface area contributed by atoms with Crippen LogP contribution in [0.15, 0.2) is 71.2 Å². The number of nitrogens with one attached hydrogen (secondary N) is 1. The number of carbonyl (C=O) groups excluding carboxylic acids is 2. The number of nitrogens with zero attached hydrogens (tertiary/aromatic N) is 2. The lowest BCUT2D eigenvalue weighted by Crippen LogP contribution is -2.36. The van der Waals surface area contributed by atoms with Crippen LogP contribution in [0.2, 0.25) is 0 Å². The second-order valence-corrected chi connectivity index (χ2v) is 8.53. The van der Waals surface area contributed by atoms with E-state index in [1.54, 1.807) is 48.9 Å². The molecular weight excluding hydrogens is 490 g/mol. The Labute approximate surface area is 198 Å². The Hall–Kier alpha value is -3.59. The van der Waals surface area contributed by atoms with Crippen LogP contribution in [0.3, 0.4) is 0 Å². The highest BCUT2D eigenvalue weighted by Crippen LogP contribution is 2.41. The number of halogens is 1. The minimum atomic E-state index is -0.883. The van der Waals surface area contributed by atoms with Crippen molar-refractivity contribution in [2.75, 3.05) is 13.7 Å². The van der Waals surface area contributed by atoms with E-state index in [1.807, 2.05) is 10.8 Å². The van der Waals surface area contributed by atoms with Crippen molar-refractivity contribution in [3.8, 4) is 11.5 Å². The summed E-state index contributed by atoms with van der Waals surface area (Å²) in [6.07, 6.45) is 6.04. The van der Waals surface area contributed by atoms with Gasteiger partial charge in [0.25, 0.3) is 5.91 Å². The maximum Gasteiger partial charge on any atom is 0.295 e. The average Bonchev–Trinajstić information content (AvgIpc) is 3.42. The summed E-state index contributed by atoms with van der Waals surface area (Å²) in [7, 11) is 1.41. The number of rotatable bonds is 7. The zero-order valence-corrected chi connectivity index (χ0v) is 19.4. The summed E-state index contributed by atoms with van der Waals surface area (Å²) in [4.78, 5) is 30.4. The van der Waals surface area contributed by atoms with Gasteiger partial charge in [-0.3, -0.25) is 14.6 Å². The number of methoxy groups -OCH3 is 1. The first kappa shape index (κ1) is 22.6. The van der Waals surface area contributed by atoms with Crippen LogP contribution < -0.4 is 14.4 Å². The molecule has 4 rings (SSSR count). The number of ether oxygens (including phenoxy) is 1. The number of aryl methyl sites for hydroxylation is 1. The number of aromatic nitrogens is 2. The van der Waals surface area contributed by atoms with E-state index in [4.69, 9.17) is 4.74 Å². The number of Topliss-reactive ketones (excluding diaryl/α,β-unsaturated/α-hetero) is 1. The van der Waals surface area contributed by atoms with E-state index in [0.29, 0.717) is 24.1 Å². The molecule has 2 heterocycles. The first-order valence-corrected chi connectivity index (χ1v) is 11.1. The fourth-order valence-corrected chi connectivity index (χ4v) is 4.22. The number of H-pyrrole nitrogens is 1. The predicted molar refractivity (Wildman–Crippen MR) is 121 cm³/mol. The highest BCUT2D eigenvalue weighted by Gasteiger charge is 2.44. The van der Waals surface area contributed by atoms with Crippen molar-refractivity contribution in [2.24, 2.45) is 0 Å². The molecule has 9 heteroatoms. The molecular formula is C24H22BrN3O5. The number of hydrogen-bond acceptors (Lipinski definition) is 5. The van der Waals surface area contributed by atoms with Gasteiger partial charge in [0.1, 0.15) is 12.4 Å². The number of carbonyl (C=O) groups is 2. The number of phenolic OH excluding ortho intramolecular Hbond substituents is 1. The number of aromatic hydroxyl groups is 1. The lowest BCUT2D eigenvalue weighted by Gasteiger charge is -2.27. The number of aromatic amines is 1. The Morgan fingerprint density at radius 2 is 2.00 bits per heavy atom. The molecule has 33 heavy (non-hydrogen) atoms. The molecule has 0 radical (unpaired) electrons. The molecule has 1 amide bonds. The highest BCUT2D eigenvalue weighted by molar-refractivity contribution is 9.10. The fraction of sp³-hybridized carbons (Fsp3) is 0.208. The van der Waals surface area contributed by atoms with E-state index in [1.165, 1.54) is 18.1 Å². The fourth-order valence-electron chi connectivity index (χ4n) is 3.95. The Kier molecular flexibility index (Phi) is 6.50. The predicted octanol–water partition coefficient (Wildman–Crippen LogP) is 2.09. The summed E-state index contributed by atoms with van der Waals surface area (Å²) in [5.74, 6) is -1.91. The molecule has 1 atom stereocenters. The van der Waals surface area contributed by atoms with Crippen LogP contribution in [0.25, 0.3) is 5.76 Å². The van der Waals surface area contributed by atoms with Crippen LogP contribution in [0.5, 0.6) is 11.5 Å². The van der Waals surface area contributed by atoms with E-state index in [0.717, 1.165) is 4.47 Å². The molecule has 0 saturated carbocycles. The van der Waals surface area contributed by atoms with Crippen molar-refractivity contribution >= 4 is 33.4 Å². The molecule has 1 aliphatic heterocycles. The lowest BCUT2D eigenvalue weighted by molar-refractivity contribution is -0.695. The molecule has 0 spiro atoms. The molecule has 170 valence electrons. The van der Waals surface area contributed by atoms with Gasteiger partial charge in [-0.25, -0.2) is 4.57 Å². The van der Waals surface area contributed by atoms with Crippen molar-refractivity contribution in [3.05, 3.63) is 82.4 Å². The van der Waals surface area contributed by atoms with Crippen molar-refractivity contribution in [2.45, 2.75) is 19.0 Å². The molecule has 1 aromatic heterocycles. The Morgan fingerprint density at radius 3 is 2.67 bits per heavy atom. The third kappa shape index (κ3) is 4.49. The third-order valence-electron chi connectivity index (χ3n) is 5.57. The molecule has 2 N–H and O–H groups in total. The minimum Gasteiger partial charge on any atom is -0.872 e. The van der Waals surface area contributed by atoms with Crippen molar-refractivity contribution in [1.29, 1.82) is 0 Å². The van der Waals surface area contributed by atoms with E-state index in [9.17, 15) is 19.8 Å². The van der Waals surface area contributed by atoms with Gasteiger partial charge in [0.2, 0.25) is 12.1 Å². The van der Waals surface area contributed by atoms with Crippen LogP contribution in [-0.4, -0.2) is 40.3 Å². The van der Waals surface area contributed by atoms with Crippen LogP contribution >= 0.6 is 15.9 Å². The molecule has 8 nitrogen and oxygen atoms in total. The summed E-state index contributed by atoms with van der Waals surface area (Å²) in [5.41, 5.74) is 0.720. The first-order valence-electron chi connectivity index (χ1n) is 10.3. The van der Waals surface area contributed by atoms with Crippen LogP contribution in [0.4, 0.5) is 0 Å². The number of ketones is 1. The number of phenols is 1. The highest BCUT2D eigenvalue weighted by atomic mass is 79.9. The smallest absolute Gasteiger partial charge is 0.295 e. The first-order chi connectivity index (χ1) is 15.9. The molecule has 0 bridgehead atoms. The van der Waals surface area contributed by atoms with Crippen molar-refractivity contribution in [3.63, 3.8) is 0 Å². The molecule has 1 unspecified atom stereocenters. The molecule has 1 saturated heterocycles. The summed E-state index contributed by atoms with van der Waals surface area (Å²) in [5, 5.41) is 23.4. The Bertz CT molecular complexity index is 1210. The topological polar surface area (TPSA) is 110 Å². The van der Waals surface area contributed by atoms with Gasteiger partial charge in [-0.15, -0.1) is 0 Å². The molecule has 3 aromatic rings. The van der Waals surface area contributed by atoms with Gasteiger partial charge >= 0.3 is 0 Å². The zero-order valence-electron chi connectivity index (χ0n) is 17.8. The molecule has 2 aromatic carbocycles. The van der Waals surface area contributed by atoms with Crippen molar-refractivity contribution < 1.29 is 29.1 Å². The standard InChI is InChI=1S/C24H22BrN3O5/c1-33-19-13-16(5-8-18(19)29)21-20(22(30)15-3-6-17(25)7-4-15)23(31)24(32)28(21)11-2-10-27-12-9-26-14-27/h3-9,12-14,21H,2,10-11H2,1H3,(H2,29,30,31). The largest absolute Gasteiger partial charge is 0.872 e. The van der Waals surface area contributed by atoms with Gasteiger partial charge in [-0.2, -0.15) is 0 Å². The Morgan fingerprint density at radius 1 is 1.24 bits per heavy atom. The zero-order chi connectivity index (χ0) is 23.5. The normalized spacial score (nSPS) is 17.5. The maximum atomic E-state index is 13.4. The summed E-state index contributed by atoms with van der Waals surface area (Å²) < 4.78 is 7.94. The van der Waals surface area contributed by atoms with Crippen LogP contribution in [0.1, 0.15) is 23.6 Å². The van der Waals surface area contributed by atoms with Gasteiger partial charge in [-0.1, -0.05) is 39.9 Å². The van der Waals surface area contributed by atoms with Crippen LogP contribution in [0, 0.1) is 0 Å². The van der Waals surface area contributed by atoms with Gasteiger partial charge < -0.3 is 19.8 Å². The Balaban J connectivity index is 1.76. The second kappa shape index (κ2) is 9.50. The summed E-state index contributed by atoms with van der Waals surface area (Å²) in [6.45, 7) is 0.900. The molecule has 1 aliphatic rings. The quantitative estimate of drug-likeness (QED) is 0.218. The minimum absolute atomic E-state index is 0.0758. The average molecular weight is 512 g/mol. The second-order valence-electron chi connectivity index (χ2n) is 7.61. The number of imidazole rings is 1. The van der Waals surface area contributed by atoms with Gasteiger partial charge in [0, 0.05) is 23.0 Å². The van der Waals surface area contributed by atoms with Gasteiger partial charge in [0.15, 0.2) is 11.5 Å². The van der Waals surface area contributed by atoms with Crippen molar-refractivity contribution in [1.82, 2.24) is 9.88 Å². The SMILES string of the molecule is COc1cc(C2C(=C([O-])c3ccc(Br)cc3)C(=O)C(=O)N2CCC[n+]2cc[nH]c2)ccc1O. The summed E-state index contributed by atoms with van der Waals surface area (Å²) >= 11 is 3.34. The third-order valence-corrected chi connectivity index (χ3v) is 6.10. The van der Waals surface area contributed by atoms with E-state index < -0.39 is 23.5 Å². The van der Waals surface area contributed by atoms with E-state index >= 15 is 0 Å². The lowest BCUT2D eigenvalue weighted by atomic mass is 9.95. The maximum absolute atomic E-state index is 13.4. The summed E-state index contributed by atoms with van der Waals surface area (Å²) in [6, 6.07) is 10.3. The number of benzene rings is 2. The molecule has 1 fully saturated rings.